The van der Waals surface area contributed by atoms with Crippen molar-refractivity contribution in [3.05, 3.63) is 17.7 Å². The summed E-state index contributed by atoms with van der Waals surface area (Å²) in [7, 11) is 0. The highest BCUT2D eigenvalue weighted by Crippen LogP contribution is 2.30. The Morgan fingerprint density at radius 2 is 2.26 bits per heavy atom. The predicted octanol–water partition coefficient (Wildman–Crippen LogP) is 1.99. The molecule has 0 saturated heterocycles. The number of carbonyl (C=O) groups is 1. The second-order valence-electron chi connectivity index (χ2n) is 4.79. The van der Waals surface area contributed by atoms with Gasteiger partial charge in [0.1, 0.15) is 0 Å². The zero-order chi connectivity index (χ0) is 13.8. The zero-order valence-electron chi connectivity index (χ0n) is 11.5. The third kappa shape index (κ3) is 3.38. The molecule has 1 unspecified atom stereocenters. The number of anilines is 3. The van der Waals surface area contributed by atoms with Gasteiger partial charge in [-0.3, -0.25) is 4.79 Å². The standard InChI is InChI=1S/C14H21N3O2/c1-3-19-9(2)8-16-13-7-12-10(6-11(13)15)4-5-14(18)17-12/h6-7,9,16H,3-5,8,15H2,1-2H3,(H,17,18). The Labute approximate surface area is 113 Å². The number of fused-ring (bicyclic) bond motifs is 1. The number of amides is 1. The maximum atomic E-state index is 11.4. The monoisotopic (exact) mass is 263 g/mol. The first kappa shape index (κ1) is 13.7. The molecule has 0 aliphatic carbocycles. The van der Waals surface area contributed by atoms with Crippen LogP contribution in [0.15, 0.2) is 12.1 Å². The van der Waals surface area contributed by atoms with Gasteiger partial charge >= 0.3 is 0 Å². The number of hydrogen-bond donors (Lipinski definition) is 3. The fourth-order valence-corrected chi connectivity index (χ4v) is 2.20. The van der Waals surface area contributed by atoms with Crippen LogP contribution in [0.4, 0.5) is 17.1 Å². The van der Waals surface area contributed by atoms with E-state index in [0.29, 0.717) is 25.3 Å². The number of ether oxygens (including phenoxy) is 1. The van der Waals surface area contributed by atoms with Gasteiger partial charge in [-0.1, -0.05) is 0 Å². The van der Waals surface area contributed by atoms with E-state index < -0.39 is 0 Å². The van der Waals surface area contributed by atoms with Crippen LogP contribution in [-0.4, -0.2) is 25.2 Å². The van der Waals surface area contributed by atoms with E-state index in [1.54, 1.807) is 0 Å². The lowest BCUT2D eigenvalue weighted by Gasteiger charge is -2.21. The molecule has 0 spiro atoms. The maximum absolute atomic E-state index is 11.4. The first-order chi connectivity index (χ1) is 9.10. The summed E-state index contributed by atoms with van der Waals surface area (Å²) in [5.74, 6) is 0.0610. The van der Waals surface area contributed by atoms with Gasteiger partial charge in [0.05, 0.1) is 17.5 Å². The molecule has 1 aliphatic rings. The van der Waals surface area contributed by atoms with Crippen molar-refractivity contribution in [2.75, 3.05) is 29.5 Å². The number of nitrogens with two attached hydrogens (primary N) is 1. The lowest BCUT2D eigenvalue weighted by molar-refractivity contribution is -0.116. The van der Waals surface area contributed by atoms with Crippen LogP contribution in [0.3, 0.4) is 0 Å². The normalized spacial score (nSPS) is 15.6. The average molecular weight is 263 g/mol. The SMILES string of the molecule is CCOC(C)CNc1cc2c(cc1N)CCC(=O)N2. The number of hydrogen-bond acceptors (Lipinski definition) is 4. The van der Waals surface area contributed by atoms with Crippen molar-refractivity contribution in [3.63, 3.8) is 0 Å². The average Bonchev–Trinajstić information content (AvgIpc) is 2.37. The highest BCUT2D eigenvalue weighted by molar-refractivity contribution is 5.95. The van der Waals surface area contributed by atoms with E-state index in [0.717, 1.165) is 23.4 Å². The first-order valence-corrected chi connectivity index (χ1v) is 6.68. The quantitative estimate of drug-likeness (QED) is 0.710. The molecular weight excluding hydrogens is 242 g/mol. The van der Waals surface area contributed by atoms with E-state index in [4.69, 9.17) is 10.5 Å². The van der Waals surface area contributed by atoms with Crippen LogP contribution in [0.25, 0.3) is 0 Å². The van der Waals surface area contributed by atoms with Crippen LogP contribution in [0.1, 0.15) is 25.8 Å². The molecule has 0 saturated carbocycles. The first-order valence-electron chi connectivity index (χ1n) is 6.68. The van der Waals surface area contributed by atoms with E-state index in [1.807, 2.05) is 26.0 Å². The minimum Gasteiger partial charge on any atom is -0.397 e. The number of nitrogen functional groups attached to an aromatic ring is 1. The van der Waals surface area contributed by atoms with E-state index in [-0.39, 0.29) is 12.0 Å². The van der Waals surface area contributed by atoms with E-state index in [1.165, 1.54) is 0 Å². The van der Waals surface area contributed by atoms with Crippen LogP contribution in [0.5, 0.6) is 0 Å². The van der Waals surface area contributed by atoms with Gasteiger partial charge in [0, 0.05) is 25.3 Å². The lowest BCUT2D eigenvalue weighted by Crippen LogP contribution is -2.22. The van der Waals surface area contributed by atoms with E-state index in [9.17, 15) is 4.79 Å². The second kappa shape index (κ2) is 5.93. The molecule has 4 N–H and O–H groups in total. The molecule has 2 rings (SSSR count). The van der Waals surface area contributed by atoms with E-state index >= 15 is 0 Å². The van der Waals surface area contributed by atoms with Gasteiger partial charge in [-0.25, -0.2) is 0 Å². The molecule has 0 fully saturated rings. The van der Waals surface area contributed by atoms with E-state index in [2.05, 4.69) is 10.6 Å². The van der Waals surface area contributed by atoms with Gasteiger partial charge in [-0.05, 0) is 38.0 Å². The molecule has 0 radical (unpaired) electrons. The summed E-state index contributed by atoms with van der Waals surface area (Å²) >= 11 is 0. The predicted molar refractivity (Wildman–Crippen MR) is 77.4 cm³/mol. The van der Waals surface area contributed by atoms with Gasteiger partial charge in [0.2, 0.25) is 5.91 Å². The van der Waals surface area contributed by atoms with Crippen LogP contribution in [0.2, 0.25) is 0 Å². The summed E-state index contributed by atoms with van der Waals surface area (Å²) in [6.45, 7) is 5.36. The minimum absolute atomic E-state index is 0.0610. The summed E-state index contributed by atoms with van der Waals surface area (Å²) in [5, 5.41) is 6.14. The molecule has 0 aromatic heterocycles. The number of aryl methyl sites for hydroxylation is 1. The molecule has 104 valence electrons. The van der Waals surface area contributed by atoms with Crippen molar-refractivity contribution in [2.24, 2.45) is 0 Å². The Morgan fingerprint density at radius 3 is 3.00 bits per heavy atom. The lowest BCUT2D eigenvalue weighted by atomic mass is 10.0. The maximum Gasteiger partial charge on any atom is 0.224 e. The Bertz CT molecular complexity index is 474. The van der Waals surface area contributed by atoms with Gasteiger partial charge in [-0.2, -0.15) is 0 Å². The number of rotatable bonds is 5. The van der Waals surface area contributed by atoms with Crippen LogP contribution >= 0.6 is 0 Å². The van der Waals surface area contributed by atoms with Gasteiger partial charge in [0.25, 0.3) is 0 Å². The summed E-state index contributed by atoms with van der Waals surface area (Å²) in [6, 6.07) is 3.84. The number of benzene rings is 1. The molecular formula is C14H21N3O2. The van der Waals surface area contributed by atoms with Gasteiger partial charge in [0.15, 0.2) is 0 Å². The molecule has 1 aliphatic heterocycles. The third-order valence-corrected chi connectivity index (χ3v) is 3.20. The smallest absolute Gasteiger partial charge is 0.224 e. The molecule has 1 aromatic carbocycles. The Hall–Kier alpha value is -1.75. The van der Waals surface area contributed by atoms with Gasteiger partial charge in [-0.15, -0.1) is 0 Å². The second-order valence-corrected chi connectivity index (χ2v) is 4.79. The molecule has 1 amide bonds. The molecule has 0 bridgehead atoms. The summed E-state index contributed by atoms with van der Waals surface area (Å²) in [5.41, 5.74) is 9.53. The molecule has 1 heterocycles. The third-order valence-electron chi connectivity index (χ3n) is 3.20. The summed E-state index contributed by atoms with van der Waals surface area (Å²) < 4.78 is 5.46. The van der Waals surface area contributed by atoms with Crippen LogP contribution in [-0.2, 0) is 16.0 Å². The van der Waals surface area contributed by atoms with Gasteiger partial charge < -0.3 is 21.1 Å². The van der Waals surface area contributed by atoms with Crippen molar-refractivity contribution >= 4 is 23.0 Å². The Kier molecular flexibility index (Phi) is 4.27. The van der Waals surface area contributed by atoms with Crippen molar-refractivity contribution in [1.82, 2.24) is 0 Å². The Morgan fingerprint density at radius 1 is 1.47 bits per heavy atom. The van der Waals surface area contributed by atoms with Crippen molar-refractivity contribution in [2.45, 2.75) is 32.8 Å². The highest BCUT2D eigenvalue weighted by atomic mass is 16.5. The van der Waals surface area contributed by atoms with Crippen LogP contribution < -0.4 is 16.4 Å². The fourth-order valence-electron chi connectivity index (χ4n) is 2.20. The highest BCUT2D eigenvalue weighted by Gasteiger charge is 2.16. The van der Waals surface area contributed by atoms with Crippen molar-refractivity contribution < 1.29 is 9.53 Å². The molecule has 19 heavy (non-hydrogen) atoms. The molecule has 1 atom stereocenters. The topological polar surface area (TPSA) is 76.4 Å². The zero-order valence-corrected chi connectivity index (χ0v) is 11.5. The summed E-state index contributed by atoms with van der Waals surface area (Å²) in [6.07, 6.45) is 1.40. The molecule has 5 heteroatoms. The molecule has 5 nitrogen and oxygen atoms in total. The minimum atomic E-state index is 0.0610. The van der Waals surface area contributed by atoms with Crippen LogP contribution in [0, 0.1) is 0 Å². The number of nitrogens with one attached hydrogen (secondary N) is 2. The molecule has 1 aromatic rings. The summed E-state index contributed by atoms with van der Waals surface area (Å²) in [4.78, 5) is 11.4. The Balaban J connectivity index is 2.08. The van der Waals surface area contributed by atoms with Crippen molar-refractivity contribution in [1.29, 1.82) is 0 Å². The largest absolute Gasteiger partial charge is 0.397 e. The fraction of sp³-hybridized carbons (Fsp3) is 0.500. The van der Waals surface area contributed by atoms with Crippen molar-refractivity contribution in [3.8, 4) is 0 Å². The number of carbonyl (C=O) groups excluding carboxylic acids is 1.